The molecule has 4 rings (SSSR count). The van der Waals surface area contributed by atoms with E-state index in [1.54, 1.807) is 0 Å². The van der Waals surface area contributed by atoms with Gasteiger partial charge in [0.05, 0.1) is 18.7 Å². The molecule has 0 unspecified atom stereocenters. The van der Waals surface area contributed by atoms with Crippen molar-refractivity contribution in [2.24, 2.45) is 10.9 Å². The highest BCUT2D eigenvalue weighted by molar-refractivity contribution is 5.83. The summed E-state index contributed by atoms with van der Waals surface area (Å²) in [5.41, 5.74) is -0.254. The van der Waals surface area contributed by atoms with Gasteiger partial charge in [0.15, 0.2) is 5.96 Å². The van der Waals surface area contributed by atoms with Gasteiger partial charge in [0.25, 0.3) is 5.56 Å². The summed E-state index contributed by atoms with van der Waals surface area (Å²) < 4.78 is 31.7. The number of hydrogen-bond donors (Lipinski definition) is 5. The number of aromatic amines is 2. The van der Waals surface area contributed by atoms with Gasteiger partial charge in [0, 0.05) is 36.2 Å². The van der Waals surface area contributed by atoms with Crippen molar-refractivity contribution >= 4 is 11.9 Å². The predicted octanol–water partition coefficient (Wildman–Crippen LogP) is -0.590. The molecule has 13 heteroatoms. The van der Waals surface area contributed by atoms with E-state index in [0.717, 1.165) is 18.8 Å². The second-order valence-corrected chi connectivity index (χ2v) is 7.65. The quantitative estimate of drug-likeness (QED) is 0.418. The van der Waals surface area contributed by atoms with E-state index in [0.29, 0.717) is 18.7 Å². The molecule has 1 aromatic heterocycles. The molecule has 1 aromatic rings. The maximum absolute atomic E-state index is 11.4. The van der Waals surface area contributed by atoms with Gasteiger partial charge < -0.3 is 25.4 Å². The highest BCUT2D eigenvalue weighted by atomic mass is 19.4. The Balaban J connectivity index is 0.000000318. The Morgan fingerprint density at radius 3 is 2.57 bits per heavy atom. The first-order valence-electron chi connectivity index (χ1n) is 9.35. The molecule has 0 saturated carbocycles. The Bertz CT molecular complexity index is 914. The van der Waals surface area contributed by atoms with Crippen molar-refractivity contribution in [1.29, 1.82) is 0 Å². The van der Waals surface area contributed by atoms with Crippen molar-refractivity contribution in [3.8, 4) is 0 Å². The summed E-state index contributed by atoms with van der Waals surface area (Å²) in [6.45, 7) is 2.79. The maximum atomic E-state index is 11.4. The van der Waals surface area contributed by atoms with Gasteiger partial charge in [-0.05, 0) is 12.8 Å². The van der Waals surface area contributed by atoms with Crippen molar-refractivity contribution in [2.75, 3.05) is 6.54 Å². The fourth-order valence-corrected chi connectivity index (χ4v) is 4.16. The van der Waals surface area contributed by atoms with Crippen LogP contribution in [0.4, 0.5) is 13.2 Å². The van der Waals surface area contributed by atoms with Crippen LogP contribution in [0.2, 0.25) is 0 Å². The number of alkyl halides is 3. The van der Waals surface area contributed by atoms with Crippen LogP contribution >= 0.6 is 0 Å². The summed E-state index contributed by atoms with van der Waals surface area (Å²) in [4.78, 5) is 43.5. The molecule has 0 amide bonds. The third-order valence-electron chi connectivity index (χ3n) is 5.57. The Morgan fingerprint density at radius 1 is 1.30 bits per heavy atom. The molecule has 4 heterocycles. The topological polar surface area (TPSA) is 151 Å². The number of carboxylic acids is 1. The van der Waals surface area contributed by atoms with Crippen molar-refractivity contribution < 1.29 is 28.2 Å². The second kappa shape index (κ2) is 8.13. The van der Waals surface area contributed by atoms with Gasteiger partial charge in [-0.2, -0.15) is 13.2 Å². The number of aliphatic hydroxyl groups is 1. The van der Waals surface area contributed by atoms with E-state index in [1.807, 2.05) is 0 Å². The number of piperidine rings is 1. The molecule has 0 bridgehead atoms. The molecule has 0 spiro atoms. The molecule has 0 radical (unpaired) electrons. The van der Waals surface area contributed by atoms with E-state index < -0.39 is 17.8 Å². The van der Waals surface area contributed by atoms with Crippen LogP contribution in [0.5, 0.6) is 0 Å². The van der Waals surface area contributed by atoms with Crippen molar-refractivity contribution in [1.82, 2.24) is 20.2 Å². The van der Waals surface area contributed by atoms with Gasteiger partial charge >= 0.3 is 17.8 Å². The zero-order valence-corrected chi connectivity index (χ0v) is 15.9. The summed E-state index contributed by atoms with van der Waals surface area (Å²) in [5, 5.41) is 20.8. The monoisotopic (exact) mass is 433 g/mol. The first kappa shape index (κ1) is 21.9. The lowest BCUT2D eigenvalue weighted by molar-refractivity contribution is -0.192. The number of H-pyrrole nitrogens is 2. The van der Waals surface area contributed by atoms with Crippen LogP contribution in [0.25, 0.3) is 0 Å². The lowest BCUT2D eigenvalue weighted by Crippen LogP contribution is -2.64. The normalized spacial score (nSPS) is 29.8. The van der Waals surface area contributed by atoms with Crippen LogP contribution in [-0.2, 0) is 11.2 Å². The molecule has 0 aromatic carbocycles. The number of nitrogens with zero attached hydrogens (tertiary/aromatic N) is 2. The fourth-order valence-electron chi connectivity index (χ4n) is 4.16. The average molecular weight is 433 g/mol. The number of carbonyl (C=O) groups is 1. The van der Waals surface area contributed by atoms with Gasteiger partial charge in [-0.1, -0.05) is 6.92 Å². The van der Waals surface area contributed by atoms with Crippen molar-refractivity contribution in [3.05, 3.63) is 32.6 Å². The third-order valence-corrected chi connectivity index (χ3v) is 5.57. The van der Waals surface area contributed by atoms with Crippen LogP contribution in [0.1, 0.15) is 25.5 Å². The maximum Gasteiger partial charge on any atom is 0.490 e. The van der Waals surface area contributed by atoms with Crippen LogP contribution in [0, 0.1) is 5.92 Å². The van der Waals surface area contributed by atoms with Gasteiger partial charge in [0.1, 0.15) is 0 Å². The molecular formula is C17H22F3N5O5. The van der Waals surface area contributed by atoms with Gasteiger partial charge in [-0.25, -0.2) is 9.59 Å². The minimum absolute atomic E-state index is 0.0896. The van der Waals surface area contributed by atoms with E-state index in [9.17, 15) is 27.9 Å². The van der Waals surface area contributed by atoms with E-state index >= 15 is 0 Å². The number of aliphatic carboxylic acids is 1. The van der Waals surface area contributed by atoms with Crippen LogP contribution in [0.3, 0.4) is 0 Å². The molecule has 3 aliphatic heterocycles. The molecule has 5 N–H and O–H groups in total. The number of halogens is 3. The molecule has 10 nitrogen and oxygen atoms in total. The minimum atomic E-state index is -5.08. The second-order valence-electron chi connectivity index (χ2n) is 7.65. The summed E-state index contributed by atoms with van der Waals surface area (Å²) in [7, 11) is 0. The summed E-state index contributed by atoms with van der Waals surface area (Å²) in [5.74, 6) is -1.65. The number of aliphatic imine (C=N–C) groups is 1. The zero-order chi connectivity index (χ0) is 22.2. The van der Waals surface area contributed by atoms with E-state index in [-0.39, 0.29) is 35.7 Å². The van der Waals surface area contributed by atoms with E-state index in [4.69, 9.17) is 9.90 Å². The lowest BCUT2D eigenvalue weighted by Gasteiger charge is -2.49. The number of rotatable bonds is 2. The third kappa shape index (κ3) is 4.66. The molecule has 5 atom stereocenters. The van der Waals surface area contributed by atoms with Crippen LogP contribution in [0.15, 0.2) is 20.6 Å². The highest BCUT2D eigenvalue weighted by Crippen LogP contribution is 2.36. The fraction of sp³-hybridized carbons (Fsp3) is 0.647. The largest absolute Gasteiger partial charge is 0.490 e. The standard InChI is InChI=1S/C15H21N5O3.C2HF3O2/c1-7-11-6-16-14-17-8(3-10(20(11)14)5-12(7)21)2-9-4-13(22)19-15(23)18-9;3-2(4,5)1(6)7/h4,7-8,10-12,21H,2-3,5-6H2,1H3,(H,16,17)(H2,18,19,22,23);(H,6,7)/t7-,8-,10+,11-,12+;/m1./s1. The number of aliphatic hydroxyl groups excluding tert-OH is 1. The van der Waals surface area contributed by atoms with E-state index in [2.05, 4.69) is 32.1 Å². The summed E-state index contributed by atoms with van der Waals surface area (Å²) in [6, 6.07) is 2.04. The van der Waals surface area contributed by atoms with Crippen LogP contribution < -0.4 is 16.6 Å². The Hall–Kier alpha value is -2.83. The van der Waals surface area contributed by atoms with Gasteiger partial charge in [-0.3, -0.25) is 14.8 Å². The molecule has 0 aliphatic carbocycles. The number of hydrogen-bond acceptors (Lipinski definition) is 7. The SMILES string of the molecule is C[C@@H]1[C@H]2CN=C3N[C@H](Cc4cc(=O)[nH]c(=O)[nH]4)C[C@@H](C[C@@H]1O)N32.O=C(O)C(F)(F)F. The first-order valence-corrected chi connectivity index (χ1v) is 9.35. The molecular weight excluding hydrogens is 411 g/mol. The average Bonchev–Trinajstić information content (AvgIpc) is 3.03. The van der Waals surface area contributed by atoms with Crippen molar-refractivity contribution in [3.63, 3.8) is 0 Å². The van der Waals surface area contributed by atoms with Crippen molar-refractivity contribution in [2.45, 2.75) is 56.6 Å². The highest BCUT2D eigenvalue weighted by Gasteiger charge is 2.47. The van der Waals surface area contributed by atoms with Crippen LogP contribution in [-0.4, -0.2) is 74.0 Å². The Labute approximate surface area is 167 Å². The summed E-state index contributed by atoms with van der Waals surface area (Å²) in [6.07, 6.45) is -3.23. The molecule has 2 fully saturated rings. The number of guanidine groups is 1. The smallest absolute Gasteiger partial charge is 0.475 e. The predicted molar refractivity (Wildman–Crippen MR) is 98.1 cm³/mol. The van der Waals surface area contributed by atoms with Gasteiger partial charge in [-0.15, -0.1) is 0 Å². The molecule has 30 heavy (non-hydrogen) atoms. The number of aromatic nitrogens is 2. The molecule has 166 valence electrons. The number of nitrogens with one attached hydrogen (secondary N) is 3. The zero-order valence-electron chi connectivity index (χ0n) is 15.9. The van der Waals surface area contributed by atoms with Gasteiger partial charge in [0.2, 0.25) is 0 Å². The summed E-state index contributed by atoms with van der Waals surface area (Å²) >= 11 is 0. The lowest BCUT2D eigenvalue weighted by atomic mass is 9.81. The first-order chi connectivity index (χ1) is 14.0. The molecule has 3 aliphatic rings. The van der Waals surface area contributed by atoms with E-state index in [1.165, 1.54) is 6.07 Å². The molecule has 2 saturated heterocycles. The Kier molecular flexibility index (Phi) is 5.92. The Morgan fingerprint density at radius 2 is 1.97 bits per heavy atom. The minimum Gasteiger partial charge on any atom is -0.475 e. The number of carboxylic acid groups (broad SMARTS) is 1.